The Balaban J connectivity index is 0.00000199. The van der Waals surface area contributed by atoms with E-state index in [4.69, 9.17) is 31.1 Å². The number of phenols is 1. The predicted octanol–water partition coefficient (Wildman–Crippen LogP) is 8.96. The first-order chi connectivity index (χ1) is 38.6. The third-order valence-electron chi connectivity index (χ3n) is 15.6. The third-order valence-corrected chi connectivity index (χ3v) is 15.6. The highest BCUT2D eigenvalue weighted by molar-refractivity contribution is 5.75. The van der Waals surface area contributed by atoms with E-state index in [1.54, 1.807) is 18.3 Å². The van der Waals surface area contributed by atoms with Crippen LogP contribution in [0.1, 0.15) is 116 Å². The second kappa shape index (κ2) is 37.7. The molecule has 1 saturated carbocycles. The highest BCUT2D eigenvalue weighted by Gasteiger charge is 2.35. The Hall–Kier alpha value is -6.20. The number of allylic oxidation sites excluding steroid dienone is 3. The molecule has 0 spiro atoms. The quantitative estimate of drug-likeness (QED) is 0.0117. The lowest BCUT2D eigenvalue weighted by molar-refractivity contribution is -0.106. The number of hydrogen-bond donors (Lipinski definition) is 7. The molecule has 80 heavy (non-hydrogen) atoms. The van der Waals surface area contributed by atoms with Crippen molar-refractivity contribution in [3.8, 4) is 17.6 Å². The molecule has 6 atom stereocenters. The van der Waals surface area contributed by atoms with Crippen molar-refractivity contribution in [1.82, 2.24) is 31.0 Å². The average Bonchev–Trinajstić information content (AvgIpc) is 3.92. The van der Waals surface area contributed by atoms with E-state index in [0.717, 1.165) is 121 Å². The summed E-state index contributed by atoms with van der Waals surface area (Å²) in [6.07, 6.45) is 20.5. The Labute approximate surface area is 479 Å². The third kappa shape index (κ3) is 22.0. The zero-order valence-electron chi connectivity index (χ0n) is 49.7. The molecule has 1 aliphatic carbocycles. The molecule has 3 fully saturated rings. The monoisotopic (exact) mass is 1110 g/mol. The molecular formula is C62H99FN12O5. The van der Waals surface area contributed by atoms with Gasteiger partial charge in [0, 0.05) is 99.0 Å². The molecule has 1 amide bonds. The first kappa shape index (κ1) is 68.1. The second-order valence-electron chi connectivity index (χ2n) is 21.3. The van der Waals surface area contributed by atoms with Crippen LogP contribution in [0.3, 0.4) is 0 Å². The van der Waals surface area contributed by atoms with Gasteiger partial charge in [0.15, 0.2) is 0 Å². The lowest BCUT2D eigenvalue weighted by Gasteiger charge is -2.39. The Bertz CT molecular complexity index is 2320. The number of ether oxygens (including phenoxy) is 1. The van der Waals surface area contributed by atoms with E-state index < -0.39 is 0 Å². The van der Waals surface area contributed by atoms with Crippen LogP contribution in [0.2, 0.25) is 0 Å². The summed E-state index contributed by atoms with van der Waals surface area (Å²) in [5, 5.41) is 20.4. The number of nitrogens with two attached hydrogens (primary N) is 3. The van der Waals surface area contributed by atoms with E-state index in [1.807, 2.05) is 42.7 Å². The van der Waals surface area contributed by atoms with Gasteiger partial charge in [-0.3, -0.25) is 30.5 Å². The van der Waals surface area contributed by atoms with Gasteiger partial charge in [-0.2, -0.15) is 15.9 Å². The van der Waals surface area contributed by atoms with Crippen molar-refractivity contribution >= 4 is 30.7 Å². The van der Waals surface area contributed by atoms with Crippen molar-refractivity contribution in [2.24, 2.45) is 57.0 Å². The van der Waals surface area contributed by atoms with Crippen LogP contribution < -0.4 is 38.4 Å². The number of anilines is 1. The van der Waals surface area contributed by atoms with Crippen molar-refractivity contribution < 1.29 is 28.9 Å². The van der Waals surface area contributed by atoms with Crippen LogP contribution in [-0.4, -0.2) is 131 Å². The maximum absolute atomic E-state index is 10.4. The first-order valence-corrected chi connectivity index (χ1v) is 28.6. The first-order valence-electron chi connectivity index (χ1n) is 28.6. The summed E-state index contributed by atoms with van der Waals surface area (Å²) < 4.78 is 16.4. The molecule has 0 aromatic heterocycles. The molecule has 2 aromatic rings. The largest absolute Gasteiger partial charge is 0.507 e. The number of likely N-dealkylation sites (tertiary alicyclic amines) is 2. The van der Waals surface area contributed by atoms with Gasteiger partial charge in [0.25, 0.3) is 0 Å². The topological polar surface area (TPSA) is 217 Å². The van der Waals surface area contributed by atoms with Crippen molar-refractivity contribution in [3.63, 3.8) is 0 Å². The minimum atomic E-state index is -0.0665. The summed E-state index contributed by atoms with van der Waals surface area (Å²) in [6.45, 7) is 30.1. The number of piperidine rings is 1. The van der Waals surface area contributed by atoms with Gasteiger partial charge in [-0.1, -0.05) is 63.8 Å². The Morgan fingerprint density at radius 3 is 2.30 bits per heavy atom. The molecular weight excluding hydrogens is 1010 g/mol. The number of rotatable bonds is 26. The van der Waals surface area contributed by atoms with Crippen LogP contribution in [-0.2, 0) is 19.3 Å². The number of hydrogen-bond acceptors (Lipinski definition) is 16. The number of hydrazine groups is 1. The molecule has 3 heterocycles. The van der Waals surface area contributed by atoms with Gasteiger partial charge in [-0.05, 0) is 163 Å². The number of phenolic OH excluding ortho intramolecular Hbond substituents is 1. The van der Waals surface area contributed by atoms with Gasteiger partial charge in [-0.15, -0.1) is 13.2 Å². The highest BCUT2D eigenvalue weighted by atomic mass is 19.3. The number of amides is 1. The van der Waals surface area contributed by atoms with Gasteiger partial charge in [0.1, 0.15) is 23.4 Å². The fourth-order valence-corrected chi connectivity index (χ4v) is 10.7. The van der Waals surface area contributed by atoms with Gasteiger partial charge in [0.2, 0.25) is 6.41 Å². The molecule has 0 radical (unpaired) electrons. The summed E-state index contributed by atoms with van der Waals surface area (Å²) >= 11 is 0. The molecule has 0 bridgehead atoms. The lowest BCUT2D eigenvalue weighted by Crippen LogP contribution is -2.43. The summed E-state index contributed by atoms with van der Waals surface area (Å²) in [5.74, 6) is 16.6. The molecule has 2 saturated heterocycles. The van der Waals surface area contributed by atoms with Gasteiger partial charge < -0.3 is 41.3 Å². The molecule has 4 aliphatic rings. The lowest BCUT2D eigenvalue weighted by atomic mass is 9.82. The Kier molecular flexibility index (Phi) is 32.1. The van der Waals surface area contributed by atoms with Crippen LogP contribution in [0.15, 0.2) is 113 Å². The molecule has 444 valence electrons. The Morgan fingerprint density at radius 2 is 1.69 bits per heavy atom. The molecule has 18 heteroatoms. The number of aromatic hydroxyl groups is 1. The SMILES string of the molecule is C=C.C=N/C=C\N(CC)c1ccc(C(C)C2CCCN2CC(/C(=C/CCC(CCNC)CN2CCC(OC3CC(C#C[C@@H](C)N(C)/N=C\C(C)C4=C(N)NNC(c5ccccc5O)=C4)C3)CC2)ON)C(C)C)cc1.COF.NC=O. The molecule has 2 aromatic carbocycles. The molecule has 3 aliphatic heterocycles. The van der Waals surface area contributed by atoms with E-state index >= 15 is 0 Å². The Morgan fingerprint density at radius 1 is 1.01 bits per heavy atom. The maximum Gasteiger partial charge on any atom is 0.204 e. The number of hydrazone groups is 1. The fourth-order valence-electron chi connectivity index (χ4n) is 10.7. The fraction of sp³-hybridized carbons (Fsp3) is 0.565. The summed E-state index contributed by atoms with van der Waals surface area (Å²) in [5.41, 5.74) is 21.4. The van der Waals surface area contributed by atoms with Gasteiger partial charge in [-0.25, -0.2) is 0 Å². The molecule has 6 rings (SSSR count). The van der Waals surface area contributed by atoms with Crippen LogP contribution in [0.25, 0.3) is 5.70 Å². The number of para-hydroxylation sites is 1. The van der Waals surface area contributed by atoms with Crippen molar-refractivity contribution in [2.45, 2.75) is 130 Å². The number of carbonyl (C=O) groups excluding carboxylic acids is 1. The number of carbonyl (C=O) groups is 1. The smallest absolute Gasteiger partial charge is 0.204 e. The van der Waals surface area contributed by atoms with E-state index in [9.17, 15) is 9.63 Å². The van der Waals surface area contributed by atoms with E-state index in [0.29, 0.717) is 53.3 Å². The van der Waals surface area contributed by atoms with E-state index in [-0.39, 0.29) is 30.0 Å². The number of nitrogens with one attached hydrogen (secondary N) is 3. The molecule has 10 N–H and O–H groups in total. The van der Waals surface area contributed by atoms with Crippen molar-refractivity contribution in [2.75, 3.05) is 71.9 Å². The van der Waals surface area contributed by atoms with Crippen LogP contribution in [0, 0.1) is 41.4 Å². The summed E-state index contributed by atoms with van der Waals surface area (Å²) in [4.78, 5) is 28.5. The standard InChI is InChI=1S/C58H89N11O3.C2H4.CH3FO.CH3NO/c1-10-68(34-30-62-8)48-24-22-47(23-25-48)44(6)55-17-14-31-69(55)40-53(41(2)3)57(72-60)19-13-15-45(26-29-61-7)39-67-32-27-49(28-33-67)71-50-35-46(36-50)21-20-43(5)66(9)63-38-42(4)52-37-54(64-65-58(52)59)51-16-11-12-18-56(51)70;1-2;1-3-2;2-1-3/h11-12,16,18-19,22-25,30,34,37-38,41-46,49-50,53,55,61,64-65,70H,8,10,13-15,17,26-29,31-33,35-36,39-40,59-60H2,1-7,9H3;1-2H2;1H3;1H,(H2,2,3)/b34-30-,57-19-,63-38-;;;/t42?,43-,44?,45?,46?,50?,53?,55?;;;/m1.../s1. The number of benzene rings is 2. The number of aliphatic imine (C=N–C) groups is 1. The van der Waals surface area contributed by atoms with Crippen LogP contribution in [0.5, 0.6) is 5.75 Å². The second-order valence-corrected chi connectivity index (χ2v) is 21.3. The summed E-state index contributed by atoms with van der Waals surface area (Å²) in [6, 6.07) is 16.7. The maximum atomic E-state index is 10.4. The predicted molar refractivity (Wildman–Crippen MR) is 327 cm³/mol. The average molecular weight is 1110 g/mol. The zero-order valence-corrected chi connectivity index (χ0v) is 49.7. The van der Waals surface area contributed by atoms with Crippen molar-refractivity contribution in [1.29, 1.82) is 0 Å². The minimum Gasteiger partial charge on any atom is -0.507 e. The number of primary amides is 1. The zero-order chi connectivity index (χ0) is 59.0. The normalized spacial score (nSPS) is 20.5. The molecule has 17 nitrogen and oxygen atoms in total. The number of halogens is 1. The van der Waals surface area contributed by atoms with Crippen LogP contribution >= 0.6 is 0 Å². The van der Waals surface area contributed by atoms with Gasteiger partial charge >= 0.3 is 0 Å². The van der Waals surface area contributed by atoms with E-state index in [1.165, 1.54) is 18.4 Å². The minimum absolute atomic E-state index is 0.0383. The summed E-state index contributed by atoms with van der Waals surface area (Å²) in [7, 11) is 4.97. The van der Waals surface area contributed by atoms with Crippen molar-refractivity contribution in [3.05, 3.63) is 115 Å². The van der Waals surface area contributed by atoms with Crippen LogP contribution in [0.4, 0.5) is 10.2 Å². The molecule has 5 unspecified atom stereocenters. The number of nitrogens with zero attached hydrogens (tertiary/aromatic N) is 6. The van der Waals surface area contributed by atoms with Gasteiger partial charge in [0.05, 0.1) is 25.0 Å². The van der Waals surface area contributed by atoms with E-state index in [2.05, 4.69) is 157 Å². The highest BCUT2D eigenvalue weighted by Crippen LogP contribution is 2.36.